The number of hydrogen-bond acceptors (Lipinski definition) is 8. The summed E-state index contributed by atoms with van der Waals surface area (Å²) >= 11 is 0. The van der Waals surface area contributed by atoms with Crippen LogP contribution in [-0.2, 0) is 9.84 Å². The Hall–Kier alpha value is -1.97. The van der Waals surface area contributed by atoms with E-state index >= 15 is 0 Å². The van der Waals surface area contributed by atoms with Gasteiger partial charge in [0.2, 0.25) is 11.8 Å². The van der Waals surface area contributed by atoms with E-state index in [-0.39, 0.29) is 40.7 Å². The zero-order valence-electron chi connectivity index (χ0n) is 11.1. The van der Waals surface area contributed by atoms with Gasteiger partial charge in [0, 0.05) is 13.1 Å². The zero-order chi connectivity index (χ0) is 15.1. The number of anilines is 2. The number of sulfone groups is 1. The fourth-order valence-corrected chi connectivity index (χ4v) is 4.06. The van der Waals surface area contributed by atoms with Crippen LogP contribution in [0.3, 0.4) is 0 Å². The van der Waals surface area contributed by atoms with E-state index < -0.39 is 14.8 Å². The van der Waals surface area contributed by atoms with E-state index in [4.69, 9.17) is 5.73 Å². The first-order valence-electron chi connectivity index (χ1n) is 5.93. The highest BCUT2D eigenvalue weighted by molar-refractivity contribution is 7.91. The molecule has 10 heteroatoms. The molecule has 2 rings (SSSR count). The number of nitrogen functional groups attached to an aromatic ring is 1. The van der Waals surface area contributed by atoms with Gasteiger partial charge in [-0.2, -0.15) is 4.98 Å². The van der Waals surface area contributed by atoms with Crippen molar-refractivity contribution in [3.63, 3.8) is 0 Å². The monoisotopic (exact) mass is 301 g/mol. The Balaban J connectivity index is 2.44. The molecule has 0 aromatic carbocycles. The van der Waals surface area contributed by atoms with E-state index in [1.54, 1.807) is 7.05 Å². The number of nitrogens with zero attached hydrogens (tertiary/aromatic N) is 4. The molecule has 9 nitrogen and oxygen atoms in total. The first-order valence-corrected chi connectivity index (χ1v) is 7.75. The predicted molar refractivity (Wildman–Crippen MR) is 73.3 cm³/mol. The molecule has 1 unspecified atom stereocenters. The third kappa shape index (κ3) is 2.64. The van der Waals surface area contributed by atoms with Crippen molar-refractivity contribution in [3.8, 4) is 0 Å². The highest BCUT2D eigenvalue weighted by Crippen LogP contribution is 2.31. The van der Waals surface area contributed by atoms with Crippen molar-refractivity contribution in [2.24, 2.45) is 0 Å². The lowest BCUT2D eigenvalue weighted by atomic mass is 10.2. The van der Waals surface area contributed by atoms with Gasteiger partial charge in [0.25, 0.3) is 0 Å². The van der Waals surface area contributed by atoms with Gasteiger partial charge in [-0.15, -0.1) is 0 Å². The second-order valence-electron chi connectivity index (χ2n) is 4.76. The average molecular weight is 301 g/mol. The van der Waals surface area contributed by atoms with Gasteiger partial charge in [-0.05, 0) is 13.3 Å². The molecule has 0 saturated carbocycles. The zero-order valence-corrected chi connectivity index (χ0v) is 11.9. The van der Waals surface area contributed by atoms with Gasteiger partial charge in [0.15, 0.2) is 9.84 Å². The Morgan fingerprint density at radius 2 is 2.10 bits per heavy atom. The van der Waals surface area contributed by atoms with Crippen LogP contribution in [0.15, 0.2) is 0 Å². The maximum Gasteiger partial charge on any atom is 0.332 e. The van der Waals surface area contributed by atoms with Crippen LogP contribution in [0.2, 0.25) is 0 Å². The molecule has 1 atom stereocenters. The molecule has 110 valence electrons. The van der Waals surface area contributed by atoms with Crippen LogP contribution >= 0.6 is 0 Å². The number of nitrogens with two attached hydrogens (primary N) is 1. The van der Waals surface area contributed by atoms with Crippen LogP contribution in [-0.4, -0.2) is 47.9 Å². The predicted octanol–water partition coefficient (Wildman–Crippen LogP) is -0.101. The molecule has 0 aliphatic carbocycles. The maximum absolute atomic E-state index is 11.5. The van der Waals surface area contributed by atoms with Crippen molar-refractivity contribution in [1.29, 1.82) is 0 Å². The summed E-state index contributed by atoms with van der Waals surface area (Å²) in [6.07, 6.45) is 0.416. The highest BCUT2D eigenvalue weighted by Gasteiger charge is 2.35. The van der Waals surface area contributed by atoms with Crippen LogP contribution < -0.4 is 10.6 Å². The van der Waals surface area contributed by atoms with Gasteiger partial charge < -0.3 is 10.6 Å². The number of rotatable bonds is 3. The summed E-state index contributed by atoms with van der Waals surface area (Å²) in [7, 11) is -1.50. The van der Waals surface area contributed by atoms with Crippen LogP contribution in [0.25, 0.3) is 0 Å². The molecule has 0 spiro atoms. The molecule has 20 heavy (non-hydrogen) atoms. The van der Waals surface area contributed by atoms with Gasteiger partial charge in [-0.3, -0.25) is 10.1 Å². The van der Waals surface area contributed by atoms with Gasteiger partial charge in [-0.1, -0.05) is 0 Å². The minimum absolute atomic E-state index is 0.0381. The van der Waals surface area contributed by atoms with Gasteiger partial charge in [-0.25, -0.2) is 13.4 Å². The number of nitro groups is 1. The van der Waals surface area contributed by atoms with E-state index in [0.29, 0.717) is 6.42 Å². The topological polar surface area (TPSA) is 132 Å². The summed E-state index contributed by atoms with van der Waals surface area (Å²) in [6, 6.07) is -0.340. The van der Waals surface area contributed by atoms with Gasteiger partial charge in [0.05, 0.1) is 16.4 Å². The van der Waals surface area contributed by atoms with Crippen LogP contribution in [0.1, 0.15) is 12.1 Å². The summed E-state index contributed by atoms with van der Waals surface area (Å²) in [4.78, 5) is 19.7. The Kier molecular flexibility index (Phi) is 3.50. The molecule has 1 aliphatic heterocycles. The van der Waals surface area contributed by atoms with Crippen molar-refractivity contribution in [3.05, 3.63) is 15.8 Å². The lowest BCUT2D eigenvalue weighted by molar-refractivity contribution is -0.385. The standard InChI is InChI=1S/C10H15N5O4S/c1-6-8(15(16)17)9(13-10(11)12-6)14(2)7-3-4-20(18,19)5-7/h7H,3-5H2,1-2H3,(H2,11,12,13). The Morgan fingerprint density at radius 3 is 2.60 bits per heavy atom. The van der Waals surface area contributed by atoms with Crippen LogP contribution in [0.5, 0.6) is 0 Å². The number of aryl methyl sites for hydroxylation is 1. The van der Waals surface area contributed by atoms with Crippen LogP contribution in [0, 0.1) is 17.0 Å². The van der Waals surface area contributed by atoms with Crippen molar-refractivity contribution < 1.29 is 13.3 Å². The fourth-order valence-electron chi connectivity index (χ4n) is 2.29. The largest absolute Gasteiger partial charge is 0.368 e. The molecule has 0 radical (unpaired) electrons. The fraction of sp³-hybridized carbons (Fsp3) is 0.600. The molecular formula is C10H15N5O4S. The van der Waals surface area contributed by atoms with E-state index in [9.17, 15) is 18.5 Å². The molecule has 2 heterocycles. The second kappa shape index (κ2) is 4.85. The van der Waals surface area contributed by atoms with Crippen LogP contribution in [0.4, 0.5) is 17.5 Å². The molecule has 1 fully saturated rings. The number of aromatic nitrogens is 2. The summed E-state index contributed by atoms with van der Waals surface area (Å²) in [5.74, 6) is 0.0248. The minimum atomic E-state index is -3.09. The quantitative estimate of drug-likeness (QED) is 0.604. The second-order valence-corrected chi connectivity index (χ2v) is 6.99. The van der Waals surface area contributed by atoms with Crippen molar-refractivity contribution in [2.45, 2.75) is 19.4 Å². The molecule has 1 aromatic heterocycles. The number of hydrogen-bond donors (Lipinski definition) is 1. The van der Waals surface area contributed by atoms with E-state index in [1.165, 1.54) is 11.8 Å². The van der Waals surface area contributed by atoms with Gasteiger partial charge >= 0.3 is 5.69 Å². The highest BCUT2D eigenvalue weighted by atomic mass is 32.2. The van der Waals surface area contributed by atoms with Crippen molar-refractivity contribution in [2.75, 3.05) is 29.2 Å². The molecule has 0 amide bonds. The smallest absolute Gasteiger partial charge is 0.332 e. The summed E-state index contributed by atoms with van der Waals surface area (Å²) in [5.41, 5.74) is 5.44. The first kappa shape index (κ1) is 14.4. The molecule has 1 saturated heterocycles. The summed E-state index contributed by atoms with van der Waals surface area (Å²) < 4.78 is 23.0. The average Bonchev–Trinajstić information content (AvgIpc) is 2.67. The Labute approximate surface area is 115 Å². The molecule has 1 aliphatic rings. The Morgan fingerprint density at radius 1 is 1.45 bits per heavy atom. The third-order valence-electron chi connectivity index (χ3n) is 3.33. The van der Waals surface area contributed by atoms with Crippen molar-refractivity contribution >= 4 is 27.3 Å². The SMILES string of the molecule is Cc1nc(N)nc(N(C)C2CCS(=O)(=O)C2)c1[N+](=O)[O-]. The molecule has 1 aromatic rings. The van der Waals surface area contributed by atoms with Crippen molar-refractivity contribution in [1.82, 2.24) is 9.97 Å². The van der Waals surface area contributed by atoms with E-state index in [1.807, 2.05) is 0 Å². The molecular weight excluding hydrogens is 286 g/mol. The lowest BCUT2D eigenvalue weighted by Gasteiger charge is -2.24. The lowest BCUT2D eigenvalue weighted by Crippen LogP contribution is -2.34. The third-order valence-corrected chi connectivity index (χ3v) is 5.08. The molecule has 0 bridgehead atoms. The summed E-state index contributed by atoms with van der Waals surface area (Å²) in [5, 5.41) is 11.1. The Bertz CT molecular complexity index is 660. The maximum atomic E-state index is 11.5. The molecule has 2 N–H and O–H groups in total. The van der Waals surface area contributed by atoms with E-state index in [0.717, 1.165) is 0 Å². The van der Waals surface area contributed by atoms with Gasteiger partial charge in [0.1, 0.15) is 5.69 Å². The van der Waals surface area contributed by atoms with E-state index in [2.05, 4.69) is 9.97 Å². The minimum Gasteiger partial charge on any atom is -0.368 e. The normalized spacial score (nSPS) is 20.8. The first-order chi connectivity index (χ1) is 9.21. The summed E-state index contributed by atoms with van der Waals surface area (Å²) in [6.45, 7) is 1.47.